The Labute approximate surface area is 124 Å². The van der Waals surface area contributed by atoms with Crippen molar-refractivity contribution < 1.29 is 17.2 Å². The van der Waals surface area contributed by atoms with Crippen molar-refractivity contribution in [2.45, 2.75) is 32.2 Å². The molecule has 118 valence electrons. The third-order valence-electron chi connectivity index (χ3n) is 3.96. The molecule has 1 N–H and O–H groups in total. The number of hydrogen-bond donors (Lipinski definition) is 1. The number of sulfone groups is 1. The lowest BCUT2D eigenvalue weighted by Crippen LogP contribution is -2.39. The molecule has 2 rings (SSSR count). The maximum Gasteiger partial charge on any atom is 0.162 e. The van der Waals surface area contributed by atoms with Crippen molar-refractivity contribution in [2.75, 3.05) is 18.1 Å². The number of rotatable bonds is 6. The summed E-state index contributed by atoms with van der Waals surface area (Å²) >= 11 is 0. The molecule has 1 aromatic rings. The van der Waals surface area contributed by atoms with E-state index in [2.05, 4.69) is 5.32 Å². The molecule has 1 aliphatic rings. The van der Waals surface area contributed by atoms with Gasteiger partial charge < -0.3 is 5.32 Å². The molecule has 1 heterocycles. The van der Waals surface area contributed by atoms with E-state index in [9.17, 15) is 17.2 Å². The molecule has 3 nitrogen and oxygen atoms in total. The van der Waals surface area contributed by atoms with E-state index in [4.69, 9.17) is 0 Å². The van der Waals surface area contributed by atoms with Crippen LogP contribution in [0.5, 0.6) is 0 Å². The Morgan fingerprint density at radius 1 is 1.38 bits per heavy atom. The zero-order valence-corrected chi connectivity index (χ0v) is 12.9. The van der Waals surface area contributed by atoms with Gasteiger partial charge in [-0.1, -0.05) is 19.1 Å². The summed E-state index contributed by atoms with van der Waals surface area (Å²) in [5.74, 6) is -1.41. The zero-order chi connectivity index (χ0) is 15.5. The summed E-state index contributed by atoms with van der Waals surface area (Å²) < 4.78 is 50.4. The average Bonchev–Trinajstić information content (AvgIpc) is 2.79. The van der Waals surface area contributed by atoms with E-state index in [1.165, 1.54) is 6.07 Å². The highest BCUT2D eigenvalue weighted by molar-refractivity contribution is 7.91. The minimum atomic E-state index is -2.98. The Bertz CT molecular complexity index is 589. The van der Waals surface area contributed by atoms with Crippen LogP contribution in [0.2, 0.25) is 0 Å². The zero-order valence-electron chi connectivity index (χ0n) is 12.1. The predicted molar refractivity (Wildman–Crippen MR) is 78.9 cm³/mol. The molecule has 1 aliphatic heterocycles. The van der Waals surface area contributed by atoms with Crippen LogP contribution in [0.4, 0.5) is 8.78 Å². The van der Waals surface area contributed by atoms with Gasteiger partial charge in [0.05, 0.1) is 11.5 Å². The summed E-state index contributed by atoms with van der Waals surface area (Å²) in [6.07, 6.45) is 1.80. The number of halogens is 2. The van der Waals surface area contributed by atoms with Gasteiger partial charge in [-0.3, -0.25) is 0 Å². The minimum absolute atomic E-state index is 0.0378. The molecule has 1 aromatic carbocycles. The molecule has 0 saturated carbocycles. The van der Waals surface area contributed by atoms with Crippen molar-refractivity contribution in [1.82, 2.24) is 5.32 Å². The molecule has 0 bridgehead atoms. The van der Waals surface area contributed by atoms with E-state index in [0.29, 0.717) is 18.4 Å². The van der Waals surface area contributed by atoms with Crippen LogP contribution in [0.15, 0.2) is 18.2 Å². The number of nitrogens with one attached hydrogen (secondary N) is 1. The van der Waals surface area contributed by atoms with Crippen LogP contribution in [0.25, 0.3) is 0 Å². The minimum Gasteiger partial charge on any atom is -0.313 e. The Morgan fingerprint density at radius 3 is 2.76 bits per heavy atom. The van der Waals surface area contributed by atoms with Gasteiger partial charge in [-0.05, 0) is 43.4 Å². The van der Waals surface area contributed by atoms with E-state index in [1.54, 1.807) is 6.07 Å². The van der Waals surface area contributed by atoms with Crippen LogP contribution in [0, 0.1) is 17.6 Å². The first kappa shape index (κ1) is 16.4. The van der Waals surface area contributed by atoms with Gasteiger partial charge in [-0.25, -0.2) is 17.2 Å². The number of benzene rings is 1. The van der Waals surface area contributed by atoms with Gasteiger partial charge in [0, 0.05) is 6.04 Å². The lowest BCUT2D eigenvalue weighted by atomic mass is 9.92. The standard InChI is InChI=1S/C15H21F2NO2S/c1-2-7-18-14(12-6-8-21(19,20)10-12)9-11-4-3-5-13(16)15(11)17/h3-5,12,14,18H,2,6-10H2,1H3. The molecular formula is C15H21F2NO2S. The first-order chi connectivity index (χ1) is 9.93. The number of hydrogen-bond acceptors (Lipinski definition) is 3. The molecule has 0 aromatic heterocycles. The van der Waals surface area contributed by atoms with Crippen LogP contribution in [-0.2, 0) is 16.3 Å². The molecule has 1 fully saturated rings. The lowest BCUT2D eigenvalue weighted by molar-refractivity contribution is 0.372. The predicted octanol–water partition coefficient (Wildman–Crippen LogP) is 2.31. The van der Waals surface area contributed by atoms with Crippen molar-refractivity contribution in [3.63, 3.8) is 0 Å². The third-order valence-corrected chi connectivity index (χ3v) is 5.76. The largest absolute Gasteiger partial charge is 0.313 e. The van der Waals surface area contributed by atoms with Crippen LogP contribution in [0.1, 0.15) is 25.3 Å². The fourth-order valence-electron chi connectivity index (χ4n) is 2.82. The van der Waals surface area contributed by atoms with Gasteiger partial charge in [-0.2, -0.15) is 0 Å². The molecule has 0 amide bonds. The molecule has 6 heteroatoms. The molecule has 2 unspecified atom stereocenters. The van der Waals surface area contributed by atoms with Gasteiger partial charge in [0.25, 0.3) is 0 Å². The van der Waals surface area contributed by atoms with E-state index in [1.807, 2.05) is 6.92 Å². The van der Waals surface area contributed by atoms with Gasteiger partial charge in [0.15, 0.2) is 21.5 Å². The van der Waals surface area contributed by atoms with Crippen molar-refractivity contribution in [3.8, 4) is 0 Å². The first-order valence-electron chi connectivity index (χ1n) is 7.29. The second-order valence-corrected chi connectivity index (χ2v) is 7.87. The lowest BCUT2D eigenvalue weighted by Gasteiger charge is -2.24. The molecule has 0 radical (unpaired) electrons. The smallest absolute Gasteiger partial charge is 0.162 e. The Kier molecular flexibility index (Phi) is 5.32. The fourth-order valence-corrected chi connectivity index (χ4v) is 4.70. The highest BCUT2D eigenvalue weighted by Gasteiger charge is 2.33. The fraction of sp³-hybridized carbons (Fsp3) is 0.600. The highest BCUT2D eigenvalue weighted by atomic mass is 32.2. The summed E-state index contributed by atoms with van der Waals surface area (Å²) in [6, 6.07) is 3.99. The van der Waals surface area contributed by atoms with Gasteiger partial charge >= 0.3 is 0 Å². The monoisotopic (exact) mass is 317 g/mol. The van der Waals surface area contributed by atoms with E-state index in [-0.39, 0.29) is 23.5 Å². The quantitative estimate of drug-likeness (QED) is 0.876. The van der Waals surface area contributed by atoms with E-state index < -0.39 is 21.5 Å². The summed E-state index contributed by atoms with van der Waals surface area (Å²) in [7, 11) is -2.98. The average molecular weight is 317 g/mol. The van der Waals surface area contributed by atoms with Crippen molar-refractivity contribution >= 4 is 9.84 Å². The SMILES string of the molecule is CCCNC(Cc1cccc(F)c1F)C1CCS(=O)(=O)C1. The van der Waals surface area contributed by atoms with Gasteiger partial charge in [0.2, 0.25) is 0 Å². The van der Waals surface area contributed by atoms with Crippen LogP contribution in [0.3, 0.4) is 0 Å². The molecule has 0 spiro atoms. The van der Waals surface area contributed by atoms with Crippen LogP contribution < -0.4 is 5.32 Å². The summed E-state index contributed by atoms with van der Waals surface area (Å²) in [5.41, 5.74) is 0.299. The van der Waals surface area contributed by atoms with Crippen molar-refractivity contribution in [3.05, 3.63) is 35.4 Å². The summed E-state index contributed by atoms with van der Waals surface area (Å²) in [5, 5.41) is 3.29. The second-order valence-electron chi connectivity index (χ2n) is 5.64. The molecule has 2 atom stereocenters. The normalized spacial score (nSPS) is 22.3. The van der Waals surface area contributed by atoms with E-state index in [0.717, 1.165) is 19.0 Å². The maximum atomic E-state index is 13.8. The molecule has 1 saturated heterocycles. The molecule has 0 aliphatic carbocycles. The second kappa shape index (κ2) is 6.83. The molecular weight excluding hydrogens is 296 g/mol. The third kappa shape index (κ3) is 4.23. The van der Waals surface area contributed by atoms with Crippen LogP contribution in [-0.4, -0.2) is 32.5 Å². The summed E-state index contributed by atoms with van der Waals surface area (Å²) in [6.45, 7) is 2.75. The van der Waals surface area contributed by atoms with E-state index >= 15 is 0 Å². The summed E-state index contributed by atoms with van der Waals surface area (Å²) in [4.78, 5) is 0. The van der Waals surface area contributed by atoms with Crippen molar-refractivity contribution in [1.29, 1.82) is 0 Å². The Morgan fingerprint density at radius 2 is 2.14 bits per heavy atom. The van der Waals surface area contributed by atoms with Crippen LogP contribution >= 0.6 is 0 Å². The van der Waals surface area contributed by atoms with Crippen molar-refractivity contribution in [2.24, 2.45) is 5.92 Å². The Balaban J connectivity index is 2.15. The highest BCUT2D eigenvalue weighted by Crippen LogP contribution is 2.25. The van der Waals surface area contributed by atoms with Gasteiger partial charge in [0.1, 0.15) is 0 Å². The molecule has 21 heavy (non-hydrogen) atoms. The maximum absolute atomic E-state index is 13.8. The topological polar surface area (TPSA) is 46.2 Å². The first-order valence-corrected chi connectivity index (χ1v) is 9.11. The Hall–Kier alpha value is -1.01. The van der Waals surface area contributed by atoms with Gasteiger partial charge in [-0.15, -0.1) is 0 Å².